The fraction of sp³-hybridized carbons (Fsp3) is 0.300. The molecular weight excluding hydrogens is 322 g/mol. The highest BCUT2D eigenvalue weighted by molar-refractivity contribution is 5.77. The Morgan fingerprint density at radius 2 is 2.20 bits per heavy atom. The van der Waals surface area contributed by atoms with Gasteiger partial charge in [-0.15, -0.1) is 0 Å². The van der Waals surface area contributed by atoms with Gasteiger partial charge in [-0.1, -0.05) is 24.3 Å². The van der Waals surface area contributed by atoms with Gasteiger partial charge in [-0.3, -0.25) is 9.78 Å². The summed E-state index contributed by atoms with van der Waals surface area (Å²) in [4.78, 5) is 18.3. The van der Waals surface area contributed by atoms with E-state index in [-0.39, 0.29) is 17.4 Å². The van der Waals surface area contributed by atoms with Gasteiger partial charge >= 0.3 is 0 Å². The van der Waals surface area contributed by atoms with Crippen molar-refractivity contribution in [2.45, 2.75) is 25.3 Å². The monoisotopic (exact) mass is 342 g/mol. The first-order valence-corrected chi connectivity index (χ1v) is 8.33. The minimum Gasteiger partial charge on any atom is -0.334 e. The molecule has 0 spiro atoms. The molecule has 1 aliphatic carbocycles. The lowest BCUT2D eigenvalue weighted by molar-refractivity contribution is -0.132. The van der Waals surface area contributed by atoms with E-state index in [4.69, 9.17) is 0 Å². The lowest BCUT2D eigenvalue weighted by atomic mass is 9.96. The number of nitrogens with zero attached hydrogens (tertiary/aromatic N) is 2. The van der Waals surface area contributed by atoms with Gasteiger partial charge in [-0.25, -0.2) is 8.78 Å². The van der Waals surface area contributed by atoms with Crippen molar-refractivity contribution in [1.29, 1.82) is 0 Å². The molecule has 0 N–H and O–H groups in total. The van der Waals surface area contributed by atoms with Crippen LogP contribution in [0.3, 0.4) is 0 Å². The summed E-state index contributed by atoms with van der Waals surface area (Å²) in [6, 6.07) is 6.33. The van der Waals surface area contributed by atoms with Crippen LogP contribution in [0.25, 0.3) is 0 Å². The second kappa shape index (κ2) is 7.55. The van der Waals surface area contributed by atoms with Crippen LogP contribution in [0.1, 0.15) is 36.4 Å². The van der Waals surface area contributed by atoms with Gasteiger partial charge in [-0.05, 0) is 36.5 Å². The van der Waals surface area contributed by atoms with Crippen LogP contribution in [0.4, 0.5) is 8.78 Å². The zero-order chi connectivity index (χ0) is 17.8. The van der Waals surface area contributed by atoms with E-state index in [1.54, 1.807) is 31.6 Å². The number of amides is 1. The molecule has 1 aromatic carbocycles. The third-order valence-electron chi connectivity index (χ3n) is 4.59. The third-order valence-corrected chi connectivity index (χ3v) is 4.59. The molecule has 1 aromatic heterocycles. The maximum absolute atomic E-state index is 14.4. The van der Waals surface area contributed by atoms with Crippen LogP contribution in [0.5, 0.6) is 0 Å². The Morgan fingerprint density at radius 1 is 1.36 bits per heavy atom. The van der Waals surface area contributed by atoms with E-state index < -0.39 is 17.7 Å². The number of halogens is 2. The lowest BCUT2D eigenvalue weighted by Gasteiger charge is -2.30. The molecule has 1 amide bonds. The van der Waals surface area contributed by atoms with Crippen molar-refractivity contribution in [1.82, 2.24) is 9.88 Å². The highest BCUT2D eigenvalue weighted by atomic mass is 19.1. The average Bonchev–Trinajstić information content (AvgIpc) is 3.11. The summed E-state index contributed by atoms with van der Waals surface area (Å²) in [7, 11) is 1.65. The van der Waals surface area contributed by atoms with Gasteiger partial charge in [0.25, 0.3) is 0 Å². The van der Waals surface area contributed by atoms with Crippen molar-refractivity contribution in [3.05, 3.63) is 77.6 Å². The highest BCUT2D eigenvalue weighted by Crippen LogP contribution is 2.31. The SMILES string of the molecule is CN(C(=O)C[C@H]1C=CCC1)[C@H](c1cccnc1)c1ccc(F)cc1F. The van der Waals surface area contributed by atoms with Gasteiger partial charge in [-0.2, -0.15) is 0 Å². The van der Waals surface area contributed by atoms with Gasteiger partial charge in [0.15, 0.2) is 0 Å². The van der Waals surface area contributed by atoms with Crippen LogP contribution in [0, 0.1) is 17.6 Å². The van der Waals surface area contributed by atoms with Gasteiger partial charge < -0.3 is 4.90 Å². The summed E-state index contributed by atoms with van der Waals surface area (Å²) in [5, 5.41) is 0. The normalized spacial score (nSPS) is 17.5. The molecule has 130 valence electrons. The van der Waals surface area contributed by atoms with E-state index in [1.165, 1.54) is 17.0 Å². The summed E-state index contributed by atoms with van der Waals surface area (Å²) >= 11 is 0. The summed E-state index contributed by atoms with van der Waals surface area (Å²) in [6.07, 6.45) is 9.69. The predicted molar refractivity (Wildman–Crippen MR) is 91.7 cm³/mol. The number of hydrogen-bond acceptors (Lipinski definition) is 2. The number of hydrogen-bond donors (Lipinski definition) is 0. The maximum Gasteiger partial charge on any atom is 0.223 e. The third kappa shape index (κ3) is 3.92. The topological polar surface area (TPSA) is 33.2 Å². The largest absolute Gasteiger partial charge is 0.334 e. The Kier molecular flexibility index (Phi) is 5.22. The van der Waals surface area contributed by atoms with E-state index in [0.29, 0.717) is 12.0 Å². The first kappa shape index (κ1) is 17.3. The van der Waals surface area contributed by atoms with Crippen LogP contribution >= 0.6 is 0 Å². The fourth-order valence-corrected chi connectivity index (χ4v) is 3.25. The van der Waals surface area contributed by atoms with E-state index >= 15 is 0 Å². The minimum atomic E-state index is -0.672. The van der Waals surface area contributed by atoms with Crippen LogP contribution < -0.4 is 0 Å². The van der Waals surface area contributed by atoms with E-state index in [9.17, 15) is 13.6 Å². The first-order valence-electron chi connectivity index (χ1n) is 8.33. The molecule has 0 unspecified atom stereocenters. The molecule has 3 rings (SSSR count). The van der Waals surface area contributed by atoms with Crippen LogP contribution in [0.15, 0.2) is 54.9 Å². The van der Waals surface area contributed by atoms with Crippen molar-refractivity contribution < 1.29 is 13.6 Å². The van der Waals surface area contributed by atoms with E-state index in [1.807, 2.05) is 0 Å². The molecular formula is C20H20F2N2O. The van der Waals surface area contributed by atoms with Crippen molar-refractivity contribution in [2.75, 3.05) is 7.05 Å². The smallest absolute Gasteiger partial charge is 0.223 e. The highest BCUT2D eigenvalue weighted by Gasteiger charge is 2.28. The second-order valence-electron chi connectivity index (χ2n) is 6.33. The number of carbonyl (C=O) groups excluding carboxylic acids is 1. The molecule has 25 heavy (non-hydrogen) atoms. The molecule has 2 aromatic rings. The number of pyridine rings is 1. The summed E-state index contributed by atoms with van der Waals surface area (Å²) in [5.74, 6) is -1.16. The van der Waals surface area contributed by atoms with E-state index in [2.05, 4.69) is 17.1 Å². The molecule has 5 heteroatoms. The van der Waals surface area contributed by atoms with Gasteiger partial charge in [0.05, 0.1) is 6.04 Å². The van der Waals surface area contributed by atoms with Crippen molar-refractivity contribution in [3.63, 3.8) is 0 Å². The standard InChI is InChI=1S/C20H20F2N2O/c1-24(19(25)11-14-5-2-3-6-14)20(15-7-4-10-23-13-15)17-9-8-16(21)12-18(17)22/h2,4-5,7-10,12-14,20H,3,6,11H2,1H3/t14-,20+/m0/s1. The Hall–Kier alpha value is -2.56. The molecule has 0 saturated heterocycles. The Labute approximate surface area is 146 Å². The molecule has 0 radical (unpaired) electrons. The Morgan fingerprint density at radius 3 is 2.84 bits per heavy atom. The van der Waals surface area contributed by atoms with Gasteiger partial charge in [0.1, 0.15) is 11.6 Å². The molecule has 0 aliphatic heterocycles. The van der Waals surface area contributed by atoms with Crippen LogP contribution in [-0.2, 0) is 4.79 Å². The molecule has 0 saturated carbocycles. The zero-order valence-corrected chi connectivity index (χ0v) is 14.0. The quantitative estimate of drug-likeness (QED) is 0.761. The predicted octanol–water partition coefficient (Wildman–Crippen LogP) is 4.26. The fourth-order valence-electron chi connectivity index (χ4n) is 3.25. The Balaban J connectivity index is 1.93. The van der Waals surface area contributed by atoms with E-state index in [0.717, 1.165) is 18.9 Å². The maximum atomic E-state index is 14.4. The minimum absolute atomic E-state index is 0.0749. The number of allylic oxidation sites excluding steroid dienone is 2. The first-order chi connectivity index (χ1) is 12.1. The molecule has 0 fully saturated rings. The zero-order valence-electron chi connectivity index (χ0n) is 14.0. The second-order valence-corrected chi connectivity index (χ2v) is 6.33. The molecule has 3 nitrogen and oxygen atoms in total. The van der Waals surface area contributed by atoms with Gasteiger partial charge in [0, 0.05) is 37.5 Å². The molecule has 1 heterocycles. The van der Waals surface area contributed by atoms with Crippen molar-refractivity contribution in [3.8, 4) is 0 Å². The van der Waals surface area contributed by atoms with Crippen molar-refractivity contribution in [2.24, 2.45) is 5.92 Å². The summed E-state index contributed by atoms with van der Waals surface area (Å²) in [6.45, 7) is 0. The molecule has 0 bridgehead atoms. The molecule has 2 atom stereocenters. The number of benzene rings is 1. The van der Waals surface area contributed by atoms with Crippen LogP contribution in [-0.4, -0.2) is 22.8 Å². The number of aromatic nitrogens is 1. The Bertz CT molecular complexity index is 777. The summed E-state index contributed by atoms with van der Waals surface area (Å²) in [5.41, 5.74) is 0.943. The number of rotatable bonds is 5. The van der Waals surface area contributed by atoms with Gasteiger partial charge in [0.2, 0.25) is 5.91 Å². The molecule has 1 aliphatic rings. The average molecular weight is 342 g/mol. The number of carbonyl (C=O) groups is 1. The van der Waals surface area contributed by atoms with Crippen LogP contribution in [0.2, 0.25) is 0 Å². The summed E-state index contributed by atoms with van der Waals surface area (Å²) < 4.78 is 27.7. The lowest BCUT2D eigenvalue weighted by Crippen LogP contribution is -2.33. The van der Waals surface area contributed by atoms with Crippen molar-refractivity contribution >= 4 is 5.91 Å².